The maximum Gasteiger partial charge on any atom is 0.0708 e. The molecule has 2 aromatic carbocycles. The Labute approximate surface area is 134 Å². The summed E-state index contributed by atoms with van der Waals surface area (Å²) in [5.74, 6) is 0. The van der Waals surface area contributed by atoms with Gasteiger partial charge in [-0.15, -0.1) is 0 Å². The molecule has 0 saturated heterocycles. The van der Waals surface area contributed by atoms with Gasteiger partial charge in [0.15, 0.2) is 0 Å². The summed E-state index contributed by atoms with van der Waals surface area (Å²) in [5.41, 5.74) is 5.01. The van der Waals surface area contributed by atoms with Gasteiger partial charge in [-0.05, 0) is 50.9 Å². The highest BCUT2D eigenvalue weighted by Crippen LogP contribution is 2.25. The summed E-state index contributed by atoms with van der Waals surface area (Å²) in [6.07, 6.45) is 13.9. The second-order valence-electron chi connectivity index (χ2n) is 6.02. The van der Waals surface area contributed by atoms with E-state index in [0.717, 1.165) is 12.1 Å². The molecule has 23 heavy (non-hydrogen) atoms. The molecule has 1 nitrogen and oxygen atoms in total. The van der Waals surface area contributed by atoms with Gasteiger partial charge in [0.2, 0.25) is 0 Å². The van der Waals surface area contributed by atoms with Gasteiger partial charge >= 0.3 is 0 Å². The molecular formula is C22H15N. The Kier molecular flexibility index (Phi) is 2.62. The predicted molar refractivity (Wildman–Crippen MR) is 96.3 cm³/mol. The highest BCUT2D eigenvalue weighted by atomic mass is 14.7. The highest BCUT2D eigenvalue weighted by molar-refractivity contribution is 5.98. The number of pyridine rings is 1. The Balaban J connectivity index is 1.86. The largest absolute Gasteiger partial charge is 0.256 e. The van der Waals surface area contributed by atoms with Crippen molar-refractivity contribution in [3.05, 3.63) is 94.1 Å². The topological polar surface area (TPSA) is 12.9 Å². The van der Waals surface area contributed by atoms with Crippen molar-refractivity contribution < 1.29 is 0 Å². The van der Waals surface area contributed by atoms with Crippen molar-refractivity contribution in [3.8, 4) is 0 Å². The molecule has 3 aromatic rings. The Morgan fingerprint density at radius 3 is 2.74 bits per heavy atom. The molecule has 0 saturated carbocycles. The van der Waals surface area contributed by atoms with Crippen LogP contribution >= 0.6 is 0 Å². The Hall–Kier alpha value is -2.93. The average Bonchev–Trinajstić information content (AvgIpc) is 3.06. The van der Waals surface area contributed by atoms with E-state index in [4.69, 9.17) is 0 Å². The summed E-state index contributed by atoms with van der Waals surface area (Å²) in [5, 5.41) is 5.34. The molecule has 0 N–H and O–H groups in total. The third kappa shape index (κ3) is 1.83. The van der Waals surface area contributed by atoms with Gasteiger partial charge in [-0.25, -0.2) is 0 Å². The zero-order chi connectivity index (χ0) is 15.2. The van der Waals surface area contributed by atoms with Crippen LogP contribution in [0.2, 0.25) is 0 Å². The summed E-state index contributed by atoms with van der Waals surface area (Å²) in [6, 6.07) is 15.1. The van der Waals surface area contributed by atoms with Crippen LogP contribution in [0.1, 0.15) is 16.8 Å². The van der Waals surface area contributed by atoms with Crippen LogP contribution in [0.3, 0.4) is 0 Å². The molecule has 108 valence electrons. The first-order valence-electron chi connectivity index (χ1n) is 7.97. The van der Waals surface area contributed by atoms with Gasteiger partial charge in [-0.3, -0.25) is 4.98 Å². The molecule has 2 aliphatic carbocycles. The lowest BCUT2D eigenvalue weighted by molar-refractivity contribution is 1.25. The molecule has 1 aromatic heterocycles. The number of aromatic nitrogens is 1. The van der Waals surface area contributed by atoms with Gasteiger partial charge in [0.05, 0.1) is 5.69 Å². The van der Waals surface area contributed by atoms with Crippen molar-refractivity contribution in [2.45, 2.75) is 6.42 Å². The third-order valence-electron chi connectivity index (χ3n) is 4.77. The van der Waals surface area contributed by atoms with Crippen LogP contribution in [0.4, 0.5) is 0 Å². The summed E-state index contributed by atoms with van der Waals surface area (Å²) in [6.45, 7) is 0. The summed E-state index contributed by atoms with van der Waals surface area (Å²) in [4.78, 5) is 4.51. The van der Waals surface area contributed by atoms with Crippen LogP contribution in [0.5, 0.6) is 0 Å². The number of nitrogens with zero attached hydrogens (tertiary/aromatic N) is 1. The van der Waals surface area contributed by atoms with Crippen LogP contribution in [0.25, 0.3) is 28.5 Å². The van der Waals surface area contributed by atoms with E-state index < -0.39 is 0 Å². The van der Waals surface area contributed by atoms with E-state index in [2.05, 4.69) is 65.7 Å². The summed E-state index contributed by atoms with van der Waals surface area (Å²) < 4.78 is 0. The van der Waals surface area contributed by atoms with Crippen molar-refractivity contribution in [3.63, 3.8) is 0 Å². The van der Waals surface area contributed by atoms with Gasteiger partial charge in [-0.1, -0.05) is 60.7 Å². The maximum atomic E-state index is 4.51. The Morgan fingerprint density at radius 1 is 0.870 bits per heavy atom. The molecule has 0 bridgehead atoms. The molecular weight excluding hydrogens is 278 g/mol. The van der Waals surface area contributed by atoms with E-state index in [-0.39, 0.29) is 0 Å². The predicted octanol–water partition coefficient (Wildman–Crippen LogP) is 3.35. The van der Waals surface area contributed by atoms with E-state index in [1.165, 1.54) is 37.9 Å². The fraction of sp³-hybridized carbons (Fsp3) is 0.0455. The van der Waals surface area contributed by atoms with Gasteiger partial charge in [0.1, 0.15) is 0 Å². The molecule has 5 rings (SSSR count). The van der Waals surface area contributed by atoms with Crippen LogP contribution in [0.15, 0.2) is 66.9 Å². The third-order valence-corrected chi connectivity index (χ3v) is 4.77. The summed E-state index contributed by atoms with van der Waals surface area (Å²) >= 11 is 0. The van der Waals surface area contributed by atoms with E-state index in [0.29, 0.717) is 0 Å². The average molecular weight is 293 g/mol. The van der Waals surface area contributed by atoms with Crippen molar-refractivity contribution >= 4 is 28.5 Å². The molecule has 0 amide bonds. The molecule has 0 unspecified atom stereocenters. The van der Waals surface area contributed by atoms with Crippen LogP contribution in [0, 0.1) is 0 Å². The number of hydrogen-bond donors (Lipinski definition) is 0. The number of hydrogen-bond acceptors (Lipinski definition) is 1. The molecule has 2 aliphatic rings. The van der Waals surface area contributed by atoms with Crippen LogP contribution in [-0.2, 0) is 6.42 Å². The molecule has 0 spiro atoms. The van der Waals surface area contributed by atoms with Crippen molar-refractivity contribution in [2.75, 3.05) is 0 Å². The number of rotatable bonds is 1. The molecule has 0 radical (unpaired) electrons. The van der Waals surface area contributed by atoms with E-state index in [1.807, 2.05) is 18.3 Å². The number of fused-ring (bicyclic) bond motifs is 5. The van der Waals surface area contributed by atoms with Crippen LogP contribution in [-0.4, -0.2) is 4.98 Å². The second-order valence-corrected chi connectivity index (χ2v) is 6.02. The lowest BCUT2D eigenvalue weighted by Gasteiger charge is -2.10. The highest BCUT2D eigenvalue weighted by Gasteiger charge is 2.13. The van der Waals surface area contributed by atoms with Gasteiger partial charge in [0.25, 0.3) is 0 Å². The fourth-order valence-electron chi connectivity index (χ4n) is 3.67. The van der Waals surface area contributed by atoms with Gasteiger partial charge in [-0.2, -0.15) is 0 Å². The van der Waals surface area contributed by atoms with E-state index in [9.17, 15) is 0 Å². The minimum absolute atomic E-state index is 1.02. The first-order valence-corrected chi connectivity index (χ1v) is 7.97. The zero-order valence-electron chi connectivity index (χ0n) is 12.7. The molecule has 0 atom stereocenters. The lowest BCUT2D eigenvalue weighted by Crippen LogP contribution is -2.13. The monoisotopic (exact) mass is 293 g/mol. The lowest BCUT2D eigenvalue weighted by atomic mass is 9.94. The molecule has 1 heteroatoms. The standard InChI is InChI=1S/C22H15N/c1-2-6-16-15(5-1)8-9-18-17(16)10-11-20-19(18)12-13-21(20)22-7-3-4-14-23-22/h1-5,7-14H,6H2. The van der Waals surface area contributed by atoms with Crippen molar-refractivity contribution in [1.82, 2.24) is 4.98 Å². The van der Waals surface area contributed by atoms with Gasteiger partial charge < -0.3 is 0 Å². The zero-order valence-corrected chi connectivity index (χ0v) is 12.7. The first kappa shape index (κ1) is 12.6. The van der Waals surface area contributed by atoms with Crippen LogP contribution < -0.4 is 10.4 Å². The van der Waals surface area contributed by atoms with Gasteiger partial charge in [0, 0.05) is 11.8 Å². The number of allylic oxidation sites excluding steroid dienone is 3. The second kappa shape index (κ2) is 4.79. The Morgan fingerprint density at radius 2 is 1.83 bits per heavy atom. The van der Waals surface area contributed by atoms with E-state index >= 15 is 0 Å². The Bertz CT molecular complexity index is 1120. The van der Waals surface area contributed by atoms with E-state index in [1.54, 1.807) is 0 Å². The summed E-state index contributed by atoms with van der Waals surface area (Å²) in [7, 11) is 0. The molecule has 0 aliphatic heterocycles. The minimum Gasteiger partial charge on any atom is -0.256 e. The normalized spacial score (nSPS) is 14.7. The minimum atomic E-state index is 1.02. The SMILES string of the molecule is C1=CCc2c(ccc3c4c(ccc23)=C(c2ccccn2)C=C4)=C1. The first-order chi connectivity index (χ1) is 11.4. The quantitative estimate of drug-likeness (QED) is 0.670. The number of benzene rings is 2. The molecule has 0 fully saturated rings. The fourth-order valence-corrected chi connectivity index (χ4v) is 3.67. The van der Waals surface area contributed by atoms with Crippen molar-refractivity contribution in [2.24, 2.45) is 0 Å². The maximum absolute atomic E-state index is 4.51. The smallest absolute Gasteiger partial charge is 0.0708 e. The van der Waals surface area contributed by atoms with Crippen molar-refractivity contribution in [1.29, 1.82) is 0 Å². The molecule has 1 heterocycles.